The van der Waals surface area contributed by atoms with Gasteiger partial charge in [0.1, 0.15) is 0 Å². The number of nitrogens with one attached hydrogen (secondary N) is 1. The summed E-state index contributed by atoms with van der Waals surface area (Å²) in [4.78, 5) is 30.6. The average Bonchev–Trinajstić information content (AvgIpc) is 3.57. The molecule has 152 valence electrons. The van der Waals surface area contributed by atoms with Crippen LogP contribution in [0.25, 0.3) is 5.57 Å². The first kappa shape index (κ1) is 20.0. The number of rotatable bonds is 5. The highest BCUT2D eigenvalue weighted by Gasteiger charge is 2.26. The van der Waals surface area contributed by atoms with Gasteiger partial charge in [-0.1, -0.05) is 24.3 Å². The second-order valence-electron chi connectivity index (χ2n) is 8.08. The first-order chi connectivity index (χ1) is 14.0. The Balaban J connectivity index is 1.66. The predicted molar refractivity (Wildman–Crippen MR) is 119 cm³/mol. The van der Waals surface area contributed by atoms with Crippen molar-refractivity contribution >= 4 is 23.2 Å². The number of hydrogen-bond acceptors (Lipinski definition) is 3. The first-order valence-corrected chi connectivity index (χ1v) is 11.6. The third-order valence-corrected chi connectivity index (χ3v) is 6.78. The van der Waals surface area contributed by atoms with Crippen molar-refractivity contribution in [2.24, 2.45) is 5.92 Å². The highest BCUT2D eigenvalue weighted by Crippen LogP contribution is 2.38. The van der Waals surface area contributed by atoms with Crippen molar-refractivity contribution in [3.63, 3.8) is 0 Å². The smallest absolute Gasteiger partial charge is 0.251 e. The molecule has 2 aliphatic rings. The highest BCUT2D eigenvalue weighted by atomic mass is 32.2. The van der Waals surface area contributed by atoms with E-state index in [0.29, 0.717) is 11.8 Å². The van der Waals surface area contributed by atoms with Crippen LogP contribution in [0, 0.1) is 5.92 Å². The van der Waals surface area contributed by atoms with E-state index >= 15 is 0 Å². The van der Waals surface area contributed by atoms with Gasteiger partial charge in [0.25, 0.3) is 5.56 Å². The Morgan fingerprint density at radius 3 is 2.31 bits per heavy atom. The zero-order chi connectivity index (χ0) is 20.4. The number of aromatic amines is 1. The third kappa shape index (κ3) is 4.67. The number of amides is 1. The number of hydrogen-bond donors (Lipinski definition) is 1. The standard InChI is InChI=1S/C24H28N2O2S/c1-16(27)26-13-11-17(12-14-26)15-22(19-5-7-20(29-2)8-6-19)23-10-9-21(18-3-4-18)24(28)25-23/h5-10,15,17-18H,3-4,11-14H2,1-2H3,(H,25,28)/b22-15-. The SMILES string of the molecule is CSc1ccc(/C(=C/C2CCN(C(C)=O)CC2)c2ccc(C3CC3)c(=O)[nH]2)cc1. The summed E-state index contributed by atoms with van der Waals surface area (Å²) in [7, 11) is 0. The summed E-state index contributed by atoms with van der Waals surface area (Å²) in [6.45, 7) is 3.24. The van der Waals surface area contributed by atoms with E-state index in [1.54, 1.807) is 18.7 Å². The summed E-state index contributed by atoms with van der Waals surface area (Å²) in [6.07, 6.45) is 8.52. The first-order valence-electron chi connectivity index (χ1n) is 10.4. The predicted octanol–water partition coefficient (Wildman–Crippen LogP) is 4.66. The van der Waals surface area contributed by atoms with Gasteiger partial charge in [0.15, 0.2) is 0 Å². The maximum atomic E-state index is 12.6. The van der Waals surface area contributed by atoms with Crippen molar-refractivity contribution in [3.05, 3.63) is 69.6 Å². The third-order valence-electron chi connectivity index (χ3n) is 6.04. The molecule has 4 nitrogen and oxygen atoms in total. The van der Waals surface area contributed by atoms with E-state index in [9.17, 15) is 9.59 Å². The molecular formula is C24H28N2O2S. The van der Waals surface area contributed by atoms with Crippen LogP contribution in [0.5, 0.6) is 0 Å². The summed E-state index contributed by atoms with van der Waals surface area (Å²) in [5.41, 5.74) is 4.04. The number of carbonyl (C=O) groups is 1. The second-order valence-corrected chi connectivity index (χ2v) is 8.96. The van der Waals surface area contributed by atoms with E-state index in [2.05, 4.69) is 47.6 Å². The molecule has 1 N–H and O–H groups in total. The van der Waals surface area contributed by atoms with Crippen molar-refractivity contribution in [1.82, 2.24) is 9.88 Å². The number of thioether (sulfide) groups is 1. The summed E-state index contributed by atoms with van der Waals surface area (Å²) in [5, 5.41) is 0. The second kappa shape index (κ2) is 8.62. The van der Waals surface area contributed by atoms with Crippen LogP contribution in [0.4, 0.5) is 0 Å². The molecule has 0 atom stereocenters. The molecule has 1 saturated heterocycles. The molecule has 2 heterocycles. The molecule has 2 fully saturated rings. The number of aromatic nitrogens is 1. The van der Waals surface area contributed by atoms with E-state index in [1.165, 1.54) is 4.90 Å². The van der Waals surface area contributed by atoms with Crippen LogP contribution < -0.4 is 5.56 Å². The van der Waals surface area contributed by atoms with Gasteiger partial charge in [-0.15, -0.1) is 11.8 Å². The molecule has 1 amide bonds. The number of piperidine rings is 1. The lowest BCUT2D eigenvalue weighted by molar-refractivity contribution is -0.129. The largest absolute Gasteiger partial charge is 0.343 e. The van der Waals surface area contributed by atoms with Gasteiger partial charge in [0.05, 0.1) is 0 Å². The van der Waals surface area contributed by atoms with Crippen molar-refractivity contribution in [2.45, 2.75) is 43.4 Å². The van der Waals surface area contributed by atoms with Gasteiger partial charge < -0.3 is 9.88 Å². The van der Waals surface area contributed by atoms with Crippen LogP contribution in [0.3, 0.4) is 0 Å². The van der Waals surface area contributed by atoms with Crippen LogP contribution in [-0.2, 0) is 4.79 Å². The molecule has 0 radical (unpaired) electrons. The minimum absolute atomic E-state index is 0.0445. The normalized spacial score (nSPS) is 18.1. The van der Waals surface area contributed by atoms with Crippen LogP contribution >= 0.6 is 11.8 Å². The van der Waals surface area contributed by atoms with Crippen LogP contribution in [0.15, 0.2) is 52.2 Å². The maximum Gasteiger partial charge on any atom is 0.251 e. The molecule has 4 rings (SSSR count). The average molecular weight is 409 g/mol. The molecule has 1 aromatic carbocycles. The molecule has 1 saturated carbocycles. The maximum absolute atomic E-state index is 12.6. The molecule has 5 heteroatoms. The van der Waals surface area contributed by atoms with Gasteiger partial charge in [-0.2, -0.15) is 0 Å². The lowest BCUT2D eigenvalue weighted by atomic mass is 9.90. The molecular weight excluding hydrogens is 380 g/mol. The van der Waals surface area contributed by atoms with E-state index in [1.807, 2.05) is 11.0 Å². The number of allylic oxidation sites excluding steroid dienone is 1. The molecule has 29 heavy (non-hydrogen) atoms. The van der Waals surface area contributed by atoms with E-state index in [-0.39, 0.29) is 11.5 Å². The molecule has 0 bridgehead atoms. The lowest BCUT2D eigenvalue weighted by Crippen LogP contribution is -2.36. The monoisotopic (exact) mass is 408 g/mol. The minimum Gasteiger partial charge on any atom is -0.343 e. The van der Waals surface area contributed by atoms with Gasteiger partial charge in [-0.25, -0.2) is 0 Å². The Hall–Kier alpha value is -2.27. The van der Waals surface area contributed by atoms with Gasteiger partial charge in [-0.3, -0.25) is 9.59 Å². The number of carbonyl (C=O) groups excluding carboxylic acids is 1. The molecule has 1 aliphatic carbocycles. The molecule has 1 aromatic heterocycles. The summed E-state index contributed by atoms with van der Waals surface area (Å²) >= 11 is 1.72. The van der Waals surface area contributed by atoms with E-state index in [4.69, 9.17) is 0 Å². The zero-order valence-corrected chi connectivity index (χ0v) is 17.9. The van der Waals surface area contributed by atoms with Crippen LogP contribution in [-0.4, -0.2) is 35.1 Å². The molecule has 2 aromatic rings. The van der Waals surface area contributed by atoms with Gasteiger partial charge in [0, 0.05) is 41.7 Å². The zero-order valence-electron chi connectivity index (χ0n) is 17.1. The summed E-state index contributed by atoms with van der Waals surface area (Å²) in [6, 6.07) is 12.6. The Morgan fingerprint density at radius 2 is 1.76 bits per heavy atom. The lowest BCUT2D eigenvalue weighted by Gasteiger charge is -2.30. The van der Waals surface area contributed by atoms with Crippen molar-refractivity contribution in [3.8, 4) is 0 Å². The Bertz CT molecular complexity index is 965. The van der Waals surface area contributed by atoms with Gasteiger partial charge in [-0.05, 0) is 67.5 Å². The van der Waals surface area contributed by atoms with Crippen LogP contribution in [0.2, 0.25) is 0 Å². The fourth-order valence-corrected chi connectivity index (χ4v) is 4.49. The Kier molecular flexibility index (Phi) is 5.95. The molecule has 1 aliphatic heterocycles. The summed E-state index contributed by atoms with van der Waals surface area (Å²) in [5.74, 6) is 0.990. The Morgan fingerprint density at radius 1 is 1.07 bits per heavy atom. The van der Waals surface area contributed by atoms with Crippen molar-refractivity contribution in [1.29, 1.82) is 0 Å². The fraction of sp³-hybridized carbons (Fsp3) is 0.417. The topological polar surface area (TPSA) is 53.2 Å². The molecule has 0 spiro atoms. The number of H-pyrrole nitrogens is 1. The van der Waals surface area contributed by atoms with Gasteiger partial charge in [0.2, 0.25) is 5.91 Å². The number of benzene rings is 1. The highest BCUT2D eigenvalue weighted by molar-refractivity contribution is 7.98. The molecule has 0 unspecified atom stereocenters. The quantitative estimate of drug-likeness (QED) is 0.732. The van der Waals surface area contributed by atoms with E-state index in [0.717, 1.165) is 61.2 Å². The van der Waals surface area contributed by atoms with Crippen molar-refractivity contribution in [2.75, 3.05) is 19.3 Å². The summed E-state index contributed by atoms with van der Waals surface area (Å²) < 4.78 is 0. The fourth-order valence-electron chi connectivity index (χ4n) is 4.09. The number of nitrogens with zero attached hydrogens (tertiary/aromatic N) is 1. The van der Waals surface area contributed by atoms with E-state index < -0.39 is 0 Å². The number of likely N-dealkylation sites (tertiary alicyclic amines) is 1. The number of pyridine rings is 1. The van der Waals surface area contributed by atoms with Crippen molar-refractivity contribution < 1.29 is 4.79 Å². The minimum atomic E-state index is 0.0445. The Labute approximate surface area is 176 Å². The van der Waals surface area contributed by atoms with Crippen LogP contribution in [0.1, 0.15) is 55.3 Å². The van der Waals surface area contributed by atoms with Gasteiger partial charge >= 0.3 is 0 Å².